The first kappa shape index (κ1) is 14.1. The van der Waals surface area contributed by atoms with Crippen molar-refractivity contribution in [2.75, 3.05) is 4.90 Å². The van der Waals surface area contributed by atoms with Crippen LogP contribution >= 0.6 is 0 Å². The average Bonchev–Trinajstić information content (AvgIpc) is 2.34. The number of para-hydroxylation sites is 1. The first-order valence-corrected chi connectivity index (χ1v) is 4.81. The van der Waals surface area contributed by atoms with E-state index in [9.17, 15) is 4.79 Å². The van der Waals surface area contributed by atoms with Crippen molar-refractivity contribution in [2.24, 2.45) is 0 Å². The number of carbonyl (C=O) groups excluding carboxylic acids is 1. The van der Waals surface area contributed by atoms with Gasteiger partial charge >= 0.3 is 0 Å². The summed E-state index contributed by atoms with van der Waals surface area (Å²) < 4.78 is 0. The Morgan fingerprint density at radius 1 is 1.12 bits per heavy atom. The molecule has 0 fully saturated rings. The molecular weight excluding hydrogens is 287 g/mol. The number of benzene rings is 2. The number of nitrogens with zero attached hydrogens (tertiary/aromatic N) is 1. The maximum atomic E-state index is 10.9. The van der Waals surface area contributed by atoms with Gasteiger partial charge in [-0.25, -0.2) is 12.1 Å². The third-order valence-electron chi connectivity index (χ3n) is 2.18. The van der Waals surface area contributed by atoms with E-state index in [-0.39, 0.29) is 32.7 Å². The van der Waals surface area contributed by atoms with Gasteiger partial charge in [-0.3, -0.25) is 0 Å². The predicted molar refractivity (Wildman–Crippen MR) is 63.0 cm³/mol. The van der Waals surface area contributed by atoms with Gasteiger partial charge in [-0.1, -0.05) is 30.0 Å². The number of amides is 1. The molecule has 0 saturated heterocycles. The van der Waals surface area contributed by atoms with Gasteiger partial charge in [0.1, 0.15) is 6.41 Å². The second-order valence-electron chi connectivity index (χ2n) is 3.27. The molecule has 0 heterocycles. The van der Waals surface area contributed by atoms with Crippen molar-refractivity contribution >= 4 is 17.8 Å². The summed E-state index contributed by atoms with van der Waals surface area (Å²) in [6.07, 6.45) is 1.87. The molecule has 1 amide bonds. The van der Waals surface area contributed by atoms with E-state index in [0.29, 0.717) is 16.9 Å². The van der Waals surface area contributed by atoms with Crippen molar-refractivity contribution in [2.45, 2.75) is 0 Å². The smallest absolute Gasteiger partial charge is 0.147 e. The van der Waals surface area contributed by atoms with Crippen LogP contribution in [0.4, 0.5) is 11.4 Å². The van der Waals surface area contributed by atoms with E-state index in [1.807, 2.05) is 18.5 Å². The van der Waals surface area contributed by atoms with Gasteiger partial charge in [-0.2, -0.15) is 23.9 Å². The molecule has 0 spiro atoms. The molecule has 0 bridgehead atoms. The molecule has 0 saturated carbocycles. The van der Waals surface area contributed by atoms with Crippen molar-refractivity contribution in [1.82, 2.24) is 0 Å². The first-order chi connectivity index (χ1) is 7.81. The van der Waals surface area contributed by atoms with E-state index in [4.69, 9.17) is 6.92 Å². The molecule has 0 aliphatic carbocycles. The van der Waals surface area contributed by atoms with Gasteiger partial charge in [0.15, 0.2) is 0 Å². The molecule has 81 valence electrons. The van der Waals surface area contributed by atoms with E-state index in [1.54, 1.807) is 36.4 Å². The van der Waals surface area contributed by atoms with Crippen LogP contribution in [0.5, 0.6) is 0 Å². The Labute approximate surface area is 127 Å². The van der Waals surface area contributed by atoms with Gasteiger partial charge in [0.05, 0.1) is 0 Å². The fourth-order valence-corrected chi connectivity index (χ4v) is 1.39. The van der Waals surface area contributed by atoms with Crippen LogP contribution < -0.4 is 4.90 Å². The number of hydrogen-bond donors (Lipinski definition) is 0. The summed E-state index contributed by atoms with van der Waals surface area (Å²) in [6, 6.07) is 17.2. The quantitative estimate of drug-likeness (QED) is 0.630. The second kappa shape index (κ2) is 6.68. The van der Waals surface area contributed by atoms with E-state index < -0.39 is 0 Å². The Morgan fingerprint density at radius 3 is 2.35 bits per heavy atom. The summed E-state index contributed by atoms with van der Waals surface area (Å²) in [7, 11) is 0. The van der Waals surface area contributed by atoms with E-state index in [0.717, 1.165) is 0 Å². The molecule has 0 N–H and O–H groups in total. The van der Waals surface area contributed by atoms with Gasteiger partial charge in [-0.05, 0) is 12.5 Å². The van der Waals surface area contributed by atoms with Gasteiger partial charge in [-0.15, -0.1) is 0 Å². The van der Waals surface area contributed by atoms with Crippen molar-refractivity contribution in [1.29, 1.82) is 0 Å². The van der Waals surface area contributed by atoms with Crippen LogP contribution in [0.3, 0.4) is 0 Å². The molecule has 0 aliphatic rings. The van der Waals surface area contributed by atoms with Gasteiger partial charge in [0.2, 0.25) is 0 Å². The molecule has 2 aromatic rings. The first-order valence-electron chi connectivity index (χ1n) is 4.81. The minimum Gasteiger partial charge on any atom is -0.465 e. The summed E-state index contributed by atoms with van der Waals surface area (Å²) in [6.45, 7) is 5.58. The van der Waals surface area contributed by atoms with Crippen LogP contribution in [-0.4, -0.2) is 6.41 Å². The van der Waals surface area contributed by atoms with Crippen molar-refractivity contribution in [3.8, 4) is 0 Å². The standard InChI is InChI=1S/C14H9NO.Y/c1-12-7-9-14(10-8-12)15(11-16)13-5-3-2-4-6-13;/h1-5,7-10H;/q-2;. The predicted octanol–water partition coefficient (Wildman–Crippen LogP) is 2.75. The van der Waals surface area contributed by atoms with Crippen LogP contribution in [0, 0.1) is 13.0 Å². The molecule has 17 heavy (non-hydrogen) atoms. The molecule has 0 aliphatic heterocycles. The Morgan fingerprint density at radius 2 is 1.82 bits per heavy atom. The van der Waals surface area contributed by atoms with Gasteiger partial charge in [0.25, 0.3) is 0 Å². The third-order valence-corrected chi connectivity index (χ3v) is 2.18. The maximum Gasteiger partial charge on any atom is 0.147 e. The van der Waals surface area contributed by atoms with Crippen molar-refractivity contribution in [3.05, 3.63) is 67.1 Å². The molecule has 2 rings (SSSR count). The fraction of sp³-hybridized carbons (Fsp3) is 0. The van der Waals surface area contributed by atoms with Gasteiger partial charge in [0, 0.05) is 32.7 Å². The molecule has 0 aromatic heterocycles. The molecule has 0 unspecified atom stereocenters. The Hall–Kier alpha value is -0.986. The topological polar surface area (TPSA) is 20.3 Å². The van der Waals surface area contributed by atoms with Crippen LogP contribution in [0.2, 0.25) is 0 Å². The summed E-state index contributed by atoms with van der Waals surface area (Å²) >= 11 is 0. The zero-order chi connectivity index (χ0) is 11.4. The minimum absolute atomic E-state index is 0. The van der Waals surface area contributed by atoms with Crippen molar-refractivity contribution in [3.63, 3.8) is 0 Å². The zero-order valence-corrected chi connectivity index (χ0v) is 12.0. The minimum atomic E-state index is 0. The molecule has 3 heteroatoms. The van der Waals surface area contributed by atoms with Crippen LogP contribution in [0.15, 0.2) is 48.5 Å². The van der Waals surface area contributed by atoms with E-state index in [1.165, 1.54) is 4.90 Å². The molecule has 3 radical (unpaired) electrons. The van der Waals surface area contributed by atoms with E-state index >= 15 is 0 Å². The fourth-order valence-electron chi connectivity index (χ4n) is 1.39. The summed E-state index contributed by atoms with van der Waals surface area (Å²) in [5, 5.41) is 0. The Balaban J connectivity index is 0.00000144. The largest absolute Gasteiger partial charge is 0.465 e. The molecule has 0 atom stereocenters. The third kappa shape index (κ3) is 3.48. The molecule has 2 nitrogen and oxygen atoms in total. The monoisotopic (exact) mass is 296 g/mol. The van der Waals surface area contributed by atoms with Crippen molar-refractivity contribution < 1.29 is 37.5 Å². The van der Waals surface area contributed by atoms with Crippen LogP contribution in [0.1, 0.15) is 5.56 Å². The maximum absolute atomic E-state index is 10.9. The number of hydrogen-bond acceptors (Lipinski definition) is 1. The molecular formula is C14H9NOY-2. The second-order valence-corrected chi connectivity index (χ2v) is 3.27. The molecule has 2 aromatic carbocycles. The van der Waals surface area contributed by atoms with Gasteiger partial charge < -0.3 is 9.69 Å². The Bertz CT molecular complexity index is 467. The average molecular weight is 296 g/mol. The SMILES string of the molecule is [CH]c1ccc(N([C-]=O)c2[c-]cccc2)cc1.[Y]. The Kier molecular flexibility index (Phi) is 5.53. The summed E-state index contributed by atoms with van der Waals surface area (Å²) in [5.41, 5.74) is 2.03. The number of rotatable bonds is 3. The zero-order valence-electron chi connectivity index (χ0n) is 9.13. The normalized spacial score (nSPS) is 9.24. The summed E-state index contributed by atoms with van der Waals surface area (Å²) in [4.78, 5) is 12.3. The van der Waals surface area contributed by atoms with E-state index in [2.05, 4.69) is 6.07 Å². The van der Waals surface area contributed by atoms with Crippen LogP contribution in [-0.2, 0) is 37.5 Å². The van der Waals surface area contributed by atoms with Crippen LogP contribution in [0.25, 0.3) is 0 Å². The summed E-state index contributed by atoms with van der Waals surface area (Å²) in [5.74, 6) is 0. The number of anilines is 2.